The second-order valence-corrected chi connectivity index (χ2v) is 6.89. The first-order chi connectivity index (χ1) is 12.2. The van der Waals surface area contributed by atoms with Gasteiger partial charge in [0.15, 0.2) is 0 Å². The quantitative estimate of drug-likeness (QED) is 0.703. The molecule has 0 radical (unpaired) electrons. The van der Waals surface area contributed by atoms with Gasteiger partial charge in [-0.05, 0) is 24.0 Å². The van der Waals surface area contributed by atoms with E-state index in [-0.39, 0.29) is 17.7 Å². The predicted octanol–water partition coefficient (Wildman–Crippen LogP) is 4.00. The zero-order valence-electron chi connectivity index (χ0n) is 14.8. The SMILES string of the molecule is CC(C)Cc1nn(C)c(=O)c2cn(Cc3ccccc3C(F)(F)F)cc12. The Morgan fingerprint density at radius 2 is 1.77 bits per heavy atom. The van der Waals surface area contributed by atoms with Crippen molar-refractivity contribution >= 4 is 10.8 Å². The highest BCUT2D eigenvalue weighted by molar-refractivity contribution is 5.83. The molecule has 0 aliphatic carbocycles. The van der Waals surface area contributed by atoms with Gasteiger partial charge in [-0.15, -0.1) is 0 Å². The number of aromatic nitrogens is 3. The van der Waals surface area contributed by atoms with Gasteiger partial charge < -0.3 is 4.57 Å². The summed E-state index contributed by atoms with van der Waals surface area (Å²) >= 11 is 0. The molecule has 2 heterocycles. The predicted molar refractivity (Wildman–Crippen MR) is 94.1 cm³/mol. The van der Waals surface area contributed by atoms with E-state index < -0.39 is 11.7 Å². The van der Waals surface area contributed by atoms with Crippen LogP contribution < -0.4 is 5.56 Å². The second kappa shape index (κ2) is 6.63. The maximum Gasteiger partial charge on any atom is 0.416 e. The van der Waals surface area contributed by atoms with Gasteiger partial charge in [0, 0.05) is 31.4 Å². The van der Waals surface area contributed by atoms with Crippen LogP contribution in [0.25, 0.3) is 10.8 Å². The van der Waals surface area contributed by atoms with Gasteiger partial charge in [-0.1, -0.05) is 32.0 Å². The average molecular weight is 363 g/mol. The molecule has 0 unspecified atom stereocenters. The third kappa shape index (κ3) is 3.52. The van der Waals surface area contributed by atoms with Gasteiger partial charge in [0.05, 0.1) is 16.6 Å². The van der Waals surface area contributed by atoms with Crippen LogP contribution in [-0.2, 0) is 26.2 Å². The standard InChI is InChI=1S/C19H20F3N3O/c1-12(2)8-17-14-10-25(11-15(14)18(26)24(3)23-17)9-13-6-4-5-7-16(13)19(20,21)22/h4-7,10-12H,8-9H2,1-3H3. The van der Waals surface area contributed by atoms with Crippen molar-refractivity contribution in [1.82, 2.24) is 14.3 Å². The van der Waals surface area contributed by atoms with Crippen molar-refractivity contribution in [1.29, 1.82) is 0 Å². The Hall–Kier alpha value is -2.57. The molecule has 0 saturated heterocycles. The largest absolute Gasteiger partial charge is 0.416 e. The molecule has 0 N–H and O–H groups in total. The Balaban J connectivity index is 2.09. The normalized spacial score (nSPS) is 12.3. The van der Waals surface area contributed by atoms with Crippen LogP contribution in [0, 0.1) is 5.92 Å². The lowest BCUT2D eigenvalue weighted by Gasteiger charge is -2.13. The number of aryl methyl sites for hydroxylation is 1. The van der Waals surface area contributed by atoms with Crippen LogP contribution in [0.5, 0.6) is 0 Å². The summed E-state index contributed by atoms with van der Waals surface area (Å²) in [6, 6.07) is 5.49. The fraction of sp³-hybridized carbons (Fsp3) is 0.368. The summed E-state index contributed by atoms with van der Waals surface area (Å²) < 4.78 is 42.5. The Morgan fingerprint density at radius 1 is 1.12 bits per heavy atom. The Bertz CT molecular complexity index is 999. The van der Waals surface area contributed by atoms with Crippen molar-refractivity contribution in [3.63, 3.8) is 0 Å². The molecule has 26 heavy (non-hydrogen) atoms. The molecule has 0 aliphatic rings. The molecule has 4 nitrogen and oxygen atoms in total. The summed E-state index contributed by atoms with van der Waals surface area (Å²) in [6.07, 6.45) is -0.400. The molecule has 2 aromatic heterocycles. The number of alkyl halides is 3. The molecule has 0 bridgehead atoms. The Kier molecular flexibility index (Phi) is 4.64. The fourth-order valence-corrected chi connectivity index (χ4v) is 3.12. The van der Waals surface area contributed by atoms with Crippen LogP contribution in [0.4, 0.5) is 13.2 Å². The van der Waals surface area contributed by atoms with Crippen molar-refractivity contribution in [2.45, 2.75) is 33.0 Å². The topological polar surface area (TPSA) is 39.8 Å². The Labute approximate surface area is 148 Å². The summed E-state index contributed by atoms with van der Waals surface area (Å²) in [4.78, 5) is 12.4. The number of rotatable bonds is 4. The first-order valence-corrected chi connectivity index (χ1v) is 8.37. The van der Waals surface area contributed by atoms with E-state index in [2.05, 4.69) is 18.9 Å². The van der Waals surface area contributed by atoms with Crippen molar-refractivity contribution in [3.05, 3.63) is 63.8 Å². The molecule has 0 amide bonds. The molecule has 3 aromatic rings. The van der Waals surface area contributed by atoms with E-state index in [0.29, 0.717) is 23.1 Å². The summed E-state index contributed by atoms with van der Waals surface area (Å²) in [6.45, 7) is 4.14. The van der Waals surface area contributed by atoms with Gasteiger partial charge in [-0.25, -0.2) is 4.68 Å². The molecule has 138 valence electrons. The number of fused-ring (bicyclic) bond motifs is 1. The highest BCUT2D eigenvalue weighted by atomic mass is 19.4. The van der Waals surface area contributed by atoms with Crippen LogP contribution in [0.2, 0.25) is 0 Å². The summed E-state index contributed by atoms with van der Waals surface area (Å²) in [7, 11) is 1.59. The molecular formula is C19H20F3N3O. The minimum absolute atomic E-state index is 0.0363. The smallest absolute Gasteiger partial charge is 0.348 e. The van der Waals surface area contributed by atoms with Crippen LogP contribution in [0.3, 0.4) is 0 Å². The molecule has 3 rings (SSSR count). The zero-order valence-corrected chi connectivity index (χ0v) is 14.8. The molecular weight excluding hydrogens is 343 g/mol. The molecule has 0 spiro atoms. The van der Waals surface area contributed by atoms with E-state index in [0.717, 1.165) is 11.8 Å². The first-order valence-electron chi connectivity index (χ1n) is 8.37. The number of benzene rings is 1. The number of hydrogen-bond acceptors (Lipinski definition) is 2. The van der Waals surface area contributed by atoms with Crippen LogP contribution in [-0.4, -0.2) is 14.3 Å². The van der Waals surface area contributed by atoms with Crippen LogP contribution >= 0.6 is 0 Å². The third-order valence-electron chi connectivity index (χ3n) is 4.26. The van der Waals surface area contributed by atoms with Crippen LogP contribution in [0.1, 0.15) is 30.7 Å². The van der Waals surface area contributed by atoms with Gasteiger partial charge in [-0.3, -0.25) is 4.79 Å². The maximum absolute atomic E-state index is 13.2. The molecule has 0 fully saturated rings. The monoisotopic (exact) mass is 363 g/mol. The van der Waals surface area contributed by atoms with Gasteiger partial charge in [0.25, 0.3) is 5.56 Å². The van der Waals surface area contributed by atoms with Gasteiger partial charge >= 0.3 is 6.18 Å². The first kappa shape index (κ1) is 18.2. The Morgan fingerprint density at radius 3 is 2.42 bits per heavy atom. The molecule has 0 aliphatic heterocycles. The van der Waals surface area contributed by atoms with Crippen LogP contribution in [0.15, 0.2) is 41.5 Å². The summed E-state index contributed by atoms with van der Waals surface area (Å²) in [5, 5.41) is 5.50. The van der Waals surface area contributed by atoms with E-state index in [4.69, 9.17) is 0 Å². The summed E-state index contributed by atoms with van der Waals surface area (Å²) in [5.74, 6) is 0.345. The average Bonchev–Trinajstić information content (AvgIpc) is 2.96. The lowest BCUT2D eigenvalue weighted by atomic mass is 10.1. The second-order valence-electron chi connectivity index (χ2n) is 6.89. The lowest BCUT2D eigenvalue weighted by Crippen LogP contribution is -2.21. The maximum atomic E-state index is 13.2. The van der Waals surface area contributed by atoms with Gasteiger partial charge in [-0.2, -0.15) is 18.3 Å². The van der Waals surface area contributed by atoms with Crippen molar-refractivity contribution in [2.75, 3.05) is 0 Å². The minimum atomic E-state index is -4.41. The fourth-order valence-electron chi connectivity index (χ4n) is 3.12. The third-order valence-corrected chi connectivity index (χ3v) is 4.26. The highest BCUT2D eigenvalue weighted by Crippen LogP contribution is 2.32. The van der Waals surface area contributed by atoms with Crippen molar-refractivity contribution in [2.24, 2.45) is 13.0 Å². The number of hydrogen-bond donors (Lipinski definition) is 0. The van der Waals surface area contributed by atoms with E-state index in [1.807, 2.05) is 0 Å². The highest BCUT2D eigenvalue weighted by Gasteiger charge is 2.32. The molecule has 7 heteroatoms. The van der Waals surface area contributed by atoms with Gasteiger partial charge in [0.2, 0.25) is 0 Å². The molecule has 1 aromatic carbocycles. The number of halogens is 3. The van der Waals surface area contributed by atoms with Crippen molar-refractivity contribution in [3.8, 4) is 0 Å². The van der Waals surface area contributed by atoms with Gasteiger partial charge in [0.1, 0.15) is 0 Å². The van der Waals surface area contributed by atoms with Crippen molar-refractivity contribution < 1.29 is 13.2 Å². The summed E-state index contributed by atoms with van der Waals surface area (Å²) in [5.41, 5.74) is 0.0250. The minimum Gasteiger partial charge on any atom is -0.348 e. The van der Waals surface area contributed by atoms with E-state index >= 15 is 0 Å². The lowest BCUT2D eigenvalue weighted by molar-refractivity contribution is -0.138. The molecule has 0 saturated carbocycles. The van der Waals surface area contributed by atoms with E-state index in [9.17, 15) is 18.0 Å². The van der Waals surface area contributed by atoms with E-state index in [1.165, 1.54) is 16.8 Å². The van der Waals surface area contributed by atoms with E-state index in [1.54, 1.807) is 30.1 Å². The zero-order chi connectivity index (χ0) is 19.1. The molecule has 0 atom stereocenters. The number of nitrogens with zero attached hydrogens (tertiary/aromatic N) is 3.